The van der Waals surface area contributed by atoms with Crippen molar-refractivity contribution in [2.75, 3.05) is 5.75 Å². The molecule has 0 radical (unpaired) electrons. The number of sulfone groups is 1. The molecule has 0 bridgehead atoms. The van der Waals surface area contributed by atoms with E-state index in [-0.39, 0.29) is 16.9 Å². The monoisotopic (exact) mass is 293 g/mol. The topological polar surface area (TPSA) is 57.9 Å². The van der Waals surface area contributed by atoms with Gasteiger partial charge < -0.3 is 0 Å². The van der Waals surface area contributed by atoms with E-state index in [1.807, 2.05) is 30.3 Å². The molecular formula is C16H23NO2S. The van der Waals surface area contributed by atoms with Gasteiger partial charge in [0.05, 0.1) is 17.6 Å². The van der Waals surface area contributed by atoms with E-state index in [9.17, 15) is 8.42 Å². The minimum absolute atomic E-state index is 0.0781. The Hall–Kier alpha value is -1.34. The molecule has 4 heteroatoms. The summed E-state index contributed by atoms with van der Waals surface area (Å²) >= 11 is 0. The SMILES string of the molecule is CC(C)(C)c1ccc(CS(=O)(=O)CCCCC#N)cc1. The number of nitrogens with zero attached hydrogens (tertiary/aromatic N) is 1. The van der Waals surface area contributed by atoms with E-state index in [1.54, 1.807) is 0 Å². The molecule has 0 fully saturated rings. The van der Waals surface area contributed by atoms with Gasteiger partial charge in [-0.2, -0.15) is 5.26 Å². The van der Waals surface area contributed by atoms with Crippen LogP contribution in [0.2, 0.25) is 0 Å². The Balaban J connectivity index is 2.62. The third kappa shape index (κ3) is 5.75. The summed E-state index contributed by atoms with van der Waals surface area (Å²) in [7, 11) is -3.07. The lowest BCUT2D eigenvalue weighted by Gasteiger charge is -2.19. The maximum Gasteiger partial charge on any atom is 0.154 e. The molecule has 1 aromatic rings. The van der Waals surface area contributed by atoms with Gasteiger partial charge in [0.2, 0.25) is 0 Å². The second-order valence-corrected chi connectivity index (χ2v) is 8.34. The average molecular weight is 293 g/mol. The second kappa shape index (κ2) is 6.90. The number of hydrogen-bond donors (Lipinski definition) is 0. The molecule has 0 spiro atoms. The van der Waals surface area contributed by atoms with Crippen molar-refractivity contribution in [2.24, 2.45) is 0 Å². The summed E-state index contributed by atoms with van der Waals surface area (Å²) < 4.78 is 23.9. The number of nitriles is 1. The van der Waals surface area contributed by atoms with Crippen LogP contribution in [0.3, 0.4) is 0 Å². The van der Waals surface area contributed by atoms with Gasteiger partial charge in [0.15, 0.2) is 9.84 Å². The van der Waals surface area contributed by atoms with E-state index in [4.69, 9.17) is 5.26 Å². The third-order valence-electron chi connectivity index (χ3n) is 3.20. The van der Waals surface area contributed by atoms with E-state index in [0.29, 0.717) is 19.3 Å². The minimum atomic E-state index is -3.07. The highest BCUT2D eigenvalue weighted by Gasteiger charge is 2.15. The van der Waals surface area contributed by atoms with Crippen molar-refractivity contribution in [1.29, 1.82) is 5.26 Å². The predicted molar refractivity (Wildman–Crippen MR) is 82.1 cm³/mol. The lowest BCUT2D eigenvalue weighted by atomic mass is 9.87. The summed E-state index contributed by atoms with van der Waals surface area (Å²) in [4.78, 5) is 0. The van der Waals surface area contributed by atoms with Crippen LogP contribution < -0.4 is 0 Å². The zero-order valence-corrected chi connectivity index (χ0v) is 13.3. The molecule has 0 aliphatic carbocycles. The summed E-state index contributed by atoms with van der Waals surface area (Å²) in [5.74, 6) is 0.250. The summed E-state index contributed by atoms with van der Waals surface area (Å²) in [6.45, 7) is 6.40. The van der Waals surface area contributed by atoms with Crippen LogP contribution in [0.25, 0.3) is 0 Å². The quantitative estimate of drug-likeness (QED) is 0.753. The fourth-order valence-electron chi connectivity index (χ4n) is 1.95. The van der Waals surface area contributed by atoms with E-state index < -0.39 is 9.84 Å². The highest BCUT2D eigenvalue weighted by Crippen LogP contribution is 2.22. The molecule has 1 aromatic carbocycles. The van der Waals surface area contributed by atoms with E-state index >= 15 is 0 Å². The second-order valence-electron chi connectivity index (χ2n) is 6.15. The fraction of sp³-hybridized carbons (Fsp3) is 0.562. The van der Waals surface area contributed by atoms with Gasteiger partial charge >= 0.3 is 0 Å². The molecule has 1 rings (SSSR count). The Bertz CT molecular complexity index is 560. The van der Waals surface area contributed by atoms with Crippen LogP contribution in [-0.4, -0.2) is 14.2 Å². The van der Waals surface area contributed by atoms with Crippen molar-refractivity contribution in [3.05, 3.63) is 35.4 Å². The molecule has 0 amide bonds. The van der Waals surface area contributed by atoms with Crippen molar-refractivity contribution in [1.82, 2.24) is 0 Å². The molecule has 0 aromatic heterocycles. The number of rotatable bonds is 6. The maximum absolute atomic E-state index is 12.0. The Labute approximate surface area is 122 Å². The third-order valence-corrected chi connectivity index (χ3v) is 4.88. The van der Waals surface area contributed by atoms with Crippen LogP contribution in [0.1, 0.15) is 51.2 Å². The molecule has 0 unspecified atom stereocenters. The summed E-state index contributed by atoms with van der Waals surface area (Å²) in [6, 6.07) is 9.82. The first-order valence-corrected chi connectivity index (χ1v) is 8.73. The Morgan fingerprint density at radius 3 is 2.20 bits per heavy atom. The van der Waals surface area contributed by atoms with Gasteiger partial charge in [0.1, 0.15) is 0 Å². The van der Waals surface area contributed by atoms with E-state index in [0.717, 1.165) is 5.56 Å². The molecule has 3 nitrogen and oxygen atoms in total. The van der Waals surface area contributed by atoms with Crippen LogP contribution in [-0.2, 0) is 21.0 Å². The standard InChI is InChI=1S/C16H23NO2S/c1-16(2,3)15-9-7-14(8-10-15)13-20(18,19)12-6-4-5-11-17/h7-10H,4-6,12-13H2,1-3H3. The number of unbranched alkanes of at least 4 members (excludes halogenated alkanes) is 2. The molecule has 0 saturated heterocycles. The highest BCUT2D eigenvalue weighted by molar-refractivity contribution is 7.90. The van der Waals surface area contributed by atoms with Gasteiger partial charge in [-0.05, 0) is 29.4 Å². The van der Waals surface area contributed by atoms with Crippen molar-refractivity contribution in [3.63, 3.8) is 0 Å². The molecular weight excluding hydrogens is 270 g/mol. The first kappa shape index (κ1) is 16.7. The maximum atomic E-state index is 12.0. The lowest BCUT2D eigenvalue weighted by Crippen LogP contribution is -2.12. The zero-order chi connectivity index (χ0) is 15.2. The Morgan fingerprint density at radius 1 is 1.10 bits per heavy atom. The summed E-state index contributed by atoms with van der Waals surface area (Å²) in [5, 5.41) is 8.42. The smallest absolute Gasteiger partial charge is 0.154 e. The number of benzene rings is 1. The summed E-state index contributed by atoms with van der Waals surface area (Å²) in [5.41, 5.74) is 2.11. The summed E-state index contributed by atoms with van der Waals surface area (Å²) in [6.07, 6.45) is 1.64. The first-order valence-electron chi connectivity index (χ1n) is 6.91. The largest absolute Gasteiger partial charge is 0.228 e. The highest BCUT2D eigenvalue weighted by atomic mass is 32.2. The first-order chi connectivity index (χ1) is 9.24. The molecule has 0 saturated carbocycles. The molecule has 0 N–H and O–H groups in total. The van der Waals surface area contributed by atoms with Gasteiger partial charge in [-0.15, -0.1) is 0 Å². The van der Waals surface area contributed by atoms with Gasteiger partial charge in [-0.25, -0.2) is 8.42 Å². The van der Waals surface area contributed by atoms with Crippen LogP contribution in [0.15, 0.2) is 24.3 Å². The van der Waals surface area contributed by atoms with Crippen molar-refractivity contribution < 1.29 is 8.42 Å². The van der Waals surface area contributed by atoms with E-state index in [2.05, 4.69) is 20.8 Å². The zero-order valence-electron chi connectivity index (χ0n) is 12.5. The van der Waals surface area contributed by atoms with Gasteiger partial charge in [0.25, 0.3) is 0 Å². The number of hydrogen-bond acceptors (Lipinski definition) is 3. The van der Waals surface area contributed by atoms with Crippen molar-refractivity contribution >= 4 is 9.84 Å². The van der Waals surface area contributed by atoms with Gasteiger partial charge in [0, 0.05) is 6.42 Å². The Kier molecular flexibility index (Phi) is 5.76. The van der Waals surface area contributed by atoms with Crippen molar-refractivity contribution in [3.8, 4) is 6.07 Å². The van der Waals surface area contributed by atoms with Crippen LogP contribution >= 0.6 is 0 Å². The lowest BCUT2D eigenvalue weighted by molar-refractivity contribution is 0.589. The normalized spacial score (nSPS) is 12.1. The molecule has 0 aliphatic rings. The van der Waals surface area contributed by atoms with Crippen LogP contribution in [0.4, 0.5) is 0 Å². The van der Waals surface area contributed by atoms with Crippen molar-refractivity contribution in [2.45, 2.75) is 51.2 Å². The van der Waals surface area contributed by atoms with Crippen LogP contribution in [0, 0.1) is 11.3 Å². The molecule has 20 heavy (non-hydrogen) atoms. The van der Waals surface area contributed by atoms with Gasteiger partial charge in [-0.3, -0.25) is 0 Å². The van der Waals surface area contributed by atoms with Crippen LogP contribution in [0.5, 0.6) is 0 Å². The predicted octanol–water partition coefficient (Wildman–Crippen LogP) is 3.59. The molecule has 0 aliphatic heterocycles. The average Bonchev–Trinajstić information content (AvgIpc) is 2.34. The molecule has 110 valence electrons. The minimum Gasteiger partial charge on any atom is -0.228 e. The van der Waals surface area contributed by atoms with E-state index in [1.165, 1.54) is 5.56 Å². The molecule has 0 heterocycles. The fourth-order valence-corrected chi connectivity index (χ4v) is 3.44. The molecule has 0 atom stereocenters. The Morgan fingerprint density at radius 2 is 1.70 bits per heavy atom. The van der Waals surface area contributed by atoms with Gasteiger partial charge in [-0.1, -0.05) is 45.0 Å².